The van der Waals surface area contributed by atoms with Crippen LogP contribution >= 0.6 is 0 Å². The number of hydrogen-bond acceptors (Lipinski definition) is 5. The van der Waals surface area contributed by atoms with E-state index in [0.29, 0.717) is 17.9 Å². The lowest BCUT2D eigenvalue weighted by Gasteiger charge is -2.24. The van der Waals surface area contributed by atoms with Crippen molar-refractivity contribution in [3.05, 3.63) is 54.1 Å². The van der Waals surface area contributed by atoms with Gasteiger partial charge in [-0.2, -0.15) is 5.26 Å². The molecule has 5 nitrogen and oxygen atoms in total. The molecule has 6 heteroatoms. The van der Waals surface area contributed by atoms with Crippen molar-refractivity contribution in [1.29, 1.82) is 5.26 Å². The second kappa shape index (κ2) is 8.66. The molecular formula is C21H24N2O3S. The molecule has 0 aromatic heterocycles. The van der Waals surface area contributed by atoms with Gasteiger partial charge in [-0.25, -0.2) is 8.42 Å². The van der Waals surface area contributed by atoms with Gasteiger partial charge in [0, 0.05) is 32.4 Å². The smallest absolute Gasteiger partial charge is 0.175 e. The lowest BCUT2D eigenvalue weighted by molar-refractivity contribution is 0.137. The molecule has 1 saturated heterocycles. The number of nitriles is 1. The van der Waals surface area contributed by atoms with E-state index in [1.165, 1.54) is 6.26 Å². The maximum Gasteiger partial charge on any atom is 0.175 e. The second-order valence-corrected chi connectivity index (χ2v) is 8.86. The van der Waals surface area contributed by atoms with Gasteiger partial charge in [0.1, 0.15) is 6.04 Å². The summed E-state index contributed by atoms with van der Waals surface area (Å²) in [6.07, 6.45) is 2.85. The van der Waals surface area contributed by atoms with Crippen molar-refractivity contribution in [1.82, 2.24) is 4.90 Å². The van der Waals surface area contributed by atoms with Crippen LogP contribution in [0.5, 0.6) is 0 Å². The molecule has 2 aromatic carbocycles. The van der Waals surface area contributed by atoms with Gasteiger partial charge in [0.2, 0.25) is 0 Å². The average Bonchev–Trinajstić information content (AvgIpc) is 2.95. The molecule has 1 aliphatic heterocycles. The lowest BCUT2D eigenvalue weighted by Crippen LogP contribution is -2.37. The highest BCUT2D eigenvalue weighted by atomic mass is 32.2. The van der Waals surface area contributed by atoms with E-state index in [4.69, 9.17) is 4.74 Å². The fourth-order valence-corrected chi connectivity index (χ4v) is 3.92. The number of benzene rings is 2. The van der Waals surface area contributed by atoms with E-state index < -0.39 is 9.84 Å². The Bertz CT molecular complexity index is 892. The Morgan fingerprint density at radius 3 is 2.26 bits per heavy atom. The summed E-state index contributed by atoms with van der Waals surface area (Å²) in [6, 6.07) is 17.3. The van der Waals surface area contributed by atoms with Crippen LogP contribution in [-0.4, -0.2) is 51.9 Å². The summed E-state index contributed by atoms with van der Waals surface area (Å²) in [5.41, 5.74) is 3.11. The monoisotopic (exact) mass is 384 g/mol. The summed E-state index contributed by atoms with van der Waals surface area (Å²) in [5, 5.41) is 9.57. The number of sulfone groups is 1. The zero-order chi connectivity index (χ0) is 19.3. The first kappa shape index (κ1) is 19.6. The molecular weight excluding hydrogens is 360 g/mol. The Morgan fingerprint density at radius 1 is 1.04 bits per heavy atom. The Balaban J connectivity index is 1.70. The van der Waals surface area contributed by atoms with Crippen molar-refractivity contribution < 1.29 is 13.2 Å². The second-order valence-electron chi connectivity index (χ2n) is 6.84. The molecule has 0 aliphatic carbocycles. The van der Waals surface area contributed by atoms with Gasteiger partial charge in [-0.05, 0) is 35.2 Å². The van der Waals surface area contributed by atoms with Crippen molar-refractivity contribution in [2.45, 2.75) is 23.8 Å². The predicted molar refractivity (Wildman–Crippen MR) is 105 cm³/mol. The van der Waals surface area contributed by atoms with Gasteiger partial charge >= 0.3 is 0 Å². The molecule has 3 rings (SSSR count). The first-order valence-corrected chi connectivity index (χ1v) is 11.0. The minimum absolute atomic E-state index is 0.147. The molecule has 0 unspecified atom stereocenters. The highest BCUT2D eigenvalue weighted by Crippen LogP contribution is 2.22. The molecule has 0 bridgehead atoms. The van der Waals surface area contributed by atoms with Crippen LogP contribution in [0.25, 0.3) is 11.1 Å². The summed E-state index contributed by atoms with van der Waals surface area (Å²) < 4.78 is 28.6. The van der Waals surface area contributed by atoms with E-state index in [2.05, 4.69) is 11.0 Å². The van der Waals surface area contributed by atoms with E-state index in [-0.39, 0.29) is 6.04 Å². The third-order valence-electron chi connectivity index (χ3n) is 4.85. The third-order valence-corrected chi connectivity index (χ3v) is 5.97. The van der Waals surface area contributed by atoms with Crippen molar-refractivity contribution in [2.24, 2.45) is 0 Å². The molecule has 0 N–H and O–H groups in total. The maximum atomic E-state index is 11.6. The first-order chi connectivity index (χ1) is 13.0. The number of rotatable bonds is 5. The Hall–Kier alpha value is -2.20. The van der Waals surface area contributed by atoms with Crippen molar-refractivity contribution >= 4 is 9.84 Å². The number of ether oxygens (including phenoxy) is 1. The highest BCUT2D eigenvalue weighted by molar-refractivity contribution is 7.90. The first-order valence-electron chi connectivity index (χ1n) is 9.08. The zero-order valence-corrected chi connectivity index (χ0v) is 16.3. The summed E-state index contributed by atoms with van der Waals surface area (Å²) in [5.74, 6) is 0. The van der Waals surface area contributed by atoms with Gasteiger partial charge in [0.05, 0.1) is 17.6 Å². The van der Waals surface area contributed by atoms with Crippen LogP contribution in [0.15, 0.2) is 53.4 Å². The van der Waals surface area contributed by atoms with Crippen LogP contribution < -0.4 is 0 Å². The maximum absolute atomic E-state index is 11.6. The Labute approximate surface area is 161 Å². The summed E-state index contributed by atoms with van der Waals surface area (Å²) in [6.45, 7) is 3.13. The van der Waals surface area contributed by atoms with Gasteiger partial charge in [-0.15, -0.1) is 0 Å². The minimum atomic E-state index is -3.18. The molecule has 142 valence electrons. The van der Waals surface area contributed by atoms with Gasteiger partial charge in [0.25, 0.3) is 0 Å². The van der Waals surface area contributed by atoms with Crippen LogP contribution in [0.4, 0.5) is 0 Å². The van der Waals surface area contributed by atoms with Gasteiger partial charge in [-0.3, -0.25) is 4.90 Å². The molecule has 0 spiro atoms. The molecule has 1 atom stereocenters. The largest absolute Gasteiger partial charge is 0.380 e. The summed E-state index contributed by atoms with van der Waals surface area (Å²) >= 11 is 0. The van der Waals surface area contributed by atoms with E-state index in [1.54, 1.807) is 12.1 Å². The fourth-order valence-electron chi connectivity index (χ4n) is 3.28. The number of nitrogens with zero attached hydrogens (tertiary/aromatic N) is 2. The molecule has 0 radical (unpaired) electrons. The van der Waals surface area contributed by atoms with E-state index in [1.807, 2.05) is 36.4 Å². The topological polar surface area (TPSA) is 70.4 Å². The van der Waals surface area contributed by atoms with E-state index in [9.17, 15) is 13.7 Å². The standard InChI is InChI=1S/C21H24N2O3S/c1-27(24,25)21-9-7-19(8-10-21)18-5-3-17(4-6-18)15-20(16-22)23-11-2-13-26-14-12-23/h3-10,20H,2,11-15H2,1H3/t20-/m0/s1. The lowest BCUT2D eigenvalue weighted by atomic mass is 10.0. The van der Waals surface area contributed by atoms with Crippen LogP contribution in [0.1, 0.15) is 12.0 Å². The molecule has 2 aromatic rings. The van der Waals surface area contributed by atoms with Crippen molar-refractivity contribution in [3.63, 3.8) is 0 Å². The normalized spacial score (nSPS) is 17.0. The zero-order valence-electron chi connectivity index (χ0n) is 15.5. The van der Waals surface area contributed by atoms with Crippen LogP contribution in [0.2, 0.25) is 0 Å². The Kier molecular flexibility index (Phi) is 6.27. The molecule has 0 saturated carbocycles. The van der Waals surface area contributed by atoms with E-state index >= 15 is 0 Å². The summed E-state index contributed by atoms with van der Waals surface area (Å²) in [7, 11) is -3.18. The van der Waals surface area contributed by atoms with E-state index in [0.717, 1.165) is 42.8 Å². The van der Waals surface area contributed by atoms with Crippen LogP contribution in [-0.2, 0) is 21.0 Å². The van der Waals surface area contributed by atoms with Gasteiger partial charge in [0.15, 0.2) is 9.84 Å². The average molecular weight is 385 g/mol. The van der Waals surface area contributed by atoms with Crippen LogP contribution in [0.3, 0.4) is 0 Å². The fraction of sp³-hybridized carbons (Fsp3) is 0.381. The minimum Gasteiger partial charge on any atom is -0.380 e. The summed E-state index contributed by atoms with van der Waals surface area (Å²) in [4.78, 5) is 2.52. The van der Waals surface area contributed by atoms with Gasteiger partial charge in [-0.1, -0.05) is 36.4 Å². The molecule has 27 heavy (non-hydrogen) atoms. The SMILES string of the molecule is CS(=O)(=O)c1ccc(-c2ccc(C[C@@H](C#N)N3CCCOCC3)cc2)cc1. The van der Waals surface area contributed by atoms with Crippen molar-refractivity contribution in [3.8, 4) is 17.2 Å². The molecule has 1 heterocycles. The highest BCUT2D eigenvalue weighted by Gasteiger charge is 2.20. The van der Waals surface area contributed by atoms with Crippen molar-refractivity contribution in [2.75, 3.05) is 32.6 Å². The Morgan fingerprint density at radius 2 is 1.67 bits per heavy atom. The number of hydrogen-bond donors (Lipinski definition) is 0. The molecule has 0 amide bonds. The predicted octanol–water partition coefficient (Wildman–Crippen LogP) is 2.91. The molecule has 1 fully saturated rings. The van der Waals surface area contributed by atoms with Crippen LogP contribution in [0, 0.1) is 11.3 Å². The third kappa shape index (κ3) is 5.16. The van der Waals surface area contributed by atoms with Gasteiger partial charge < -0.3 is 4.74 Å². The molecule has 1 aliphatic rings. The quantitative estimate of drug-likeness (QED) is 0.793.